The Kier molecular flexibility index (Phi) is 5.15. The number of nitrogens with zero attached hydrogens (tertiary/aromatic N) is 4. The molecule has 1 aromatic heterocycles. The Hall–Kier alpha value is -1.34. The summed E-state index contributed by atoms with van der Waals surface area (Å²) in [6.45, 7) is 5.63. The van der Waals surface area contributed by atoms with Crippen molar-refractivity contribution in [1.82, 2.24) is 14.9 Å². The lowest BCUT2D eigenvalue weighted by atomic mass is 10.2. The maximum Gasteiger partial charge on any atom is 0.253 e. The van der Waals surface area contributed by atoms with Crippen LogP contribution in [0.1, 0.15) is 12.6 Å². The van der Waals surface area contributed by atoms with E-state index in [9.17, 15) is 4.79 Å². The number of ether oxygens (including phenoxy) is 1. The Morgan fingerprint density at radius 2 is 2.18 bits per heavy atom. The number of thioether (sulfide) groups is 1. The van der Waals surface area contributed by atoms with Crippen LogP contribution >= 0.6 is 11.8 Å². The van der Waals surface area contributed by atoms with Crippen LogP contribution in [0.5, 0.6) is 0 Å². The number of aromatic nitrogens is 2. The highest BCUT2D eigenvalue weighted by molar-refractivity contribution is 7.99. The van der Waals surface area contributed by atoms with Crippen molar-refractivity contribution in [3.8, 4) is 0 Å². The van der Waals surface area contributed by atoms with Crippen molar-refractivity contribution < 1.29 is 9.53 Å². The quantitative estimate of drug-likeness (QED) is 0.821. The van der Waals surface area contributed by atoms with Gasteiger partial charge in [-0.15, -0.1) is 0 Å². The molecule has 6 nitrogen and oxygen atoms in total. The first-order valence-electron chi connectivity index (χ1n) is 7.82. The van der Waals surface area contributed by atoms with Crippen molar-refractivity contribution in [3.05, 3.63) is 18.1 Å². The third-order valence-electron chi connectivity index (χ3n) is 4.06. The van der Waals surface area contributed by atoms with E-state index in [1.807, 2.05) is 22.7 Å². The summed E-state index contributed by atoms with van der Waals surface area (Å²) in [6.07, 6.45) is 2.10. The Morgan fingerprint density at radius 3 is 2.95 bits per heavy atom. The van der Waals surface area contributed by atoms with Crippen LogP contribution in [0.15, 0.2) is 12.4 Å². The molecule has 3 rings (SSSR count). The summed E-state index contributed by atoms with van der Waals surface area (Å²) in [5.74, 6) is 3.05. The summed E-state index contributed by atoms with van der Waals surface area (Å²) >= 11 is 1.90. The molecular weight excluding hydrogens is 300 g/mol. The zero-order chi connectivity index (χ0) is 15.4. The lowest BCUT2D eigenvalue weighted by Gasteiger charge is -2.36. The van der Waals surface area contributed by atoms with Gasteiger partial charge in [-0.3, -0.25) is 4.79 Å². The van der Waals surface area contributed by atoms with Gasteiger partial charge in [0.05, 0.1) is 13.2 Å². The molecule has 2 aliphatic rings. The number of carbonyl (C=O) groups is 1. The number of amides is 1. The average Bonchev–Trinajstić information content (AvgIpc) is 2.62. The van der Waals surface area contributed by atoms with Crippen molar-refractivity contribution in [3.63, 3.8) is 0 Å². The molecular formula is C15H22N4O2S. The van der Waals surface area contributed by atoms with Crippen molar-refractivity contribution in [1.29, 1.82) is 0 Å². The molecule has 1 unspecified atom stereocenters. The molecule has 0 bridgehead atoms. The Balaban J connectivity index is 1.66. The van der Waals surface area contributed by atoms with Crippen LogP contribution in [0.3, 0.4) is 0 Å². The monoisotopic (exact) mass is 322 g/mol. The highest BCUT2D eigenvalue weighted by Gasteiger charge is 2.31. The van der Waals surface area contributed by atoms with Crippen LogP contribution in [0.4, 0.5) is 5.82 Å². The van der Waals surface area contributed by atoms with Crippen LogP contribution in [0.25, 0.3) is 0 Å². The van der Waals surface area contributed by atoms with E-state index in [4.69, 9.17) is 4.74 Å². The first kappa shape index (κ1) is 15.6. The first-order chi connectivity index (χ1) is 10.8. The Bertz CT molecular complexity index is 522. The standard InChI is InChI=1S/C15H22N4O2S/c1-2-12-9-14(17-11-16-12)19-3-6-21-13(10-19)15(20)18-4-7-22-8-5-18/h9,11,13H,2-8,10H2,1H3. The fourth-order valence-corrected chi connectivity index (χ4v) is 3.65. The molecule has 1 amide bonds. The Labute approximate surface area is 135 Å². The molecule has 22 heavy (non-hydrogen) atoms. The van der Waals surface area contributed by atoms with Crippen molar-refractivity contribution in [2.24, 2.45) is 0 Å². The fraction of sp³-hybridized carbons (Fsp3) is 0.667. The predicted molar refractivity (Wildman–Crippen MR) is 87.3 cm³/mol. The van der Waals surface area contributed by atoms with E-state index in [0.29, 0.717) is 13.2 Å². The van der Waals surface area contributed by atoms with Gasteiger partial charge in [-0.05, 0) is 6.42 Å². The summed E-state index contributed by atoms with van der Waals surface area (Å²) in [7, 11) is 0. The second-order valence-electron chi connectivity index (χ2n) is 5.46. The molecule has 0 radical (unpaired) electrons. The maximum atomic E-state index is 12.6. The van der Waals surface area contributed by atoms with E-state index in [0.717, 1.165) is 49.1 Å². The zero-order valence-electron chi connectivity index (χ0n) is 12.9. The van der Waals surface area contributed by atoms with Gasteiger partial charge in [0.15, 0.2) is 6.10 Å². The second-order valence-corrected chi connectivity index (χ2v) is 6.69. The van der Waals surface area contributed by atoms with Gasteiger partial charge < -0.3 is 14.5 Å². The van der Waals surface area contributed by atoms with Gasteiger partial charge >= 0.3 is 0 Å². The SMILES string of the molecule is CCc1cc(N2CCOC(C(=O)N3CCSCC3)C2)ncn1. The van der Waals surface area contributed by atoms with E-state index in [1.165, 1.54) is 0 Å². The number of aryl methyl sites for hydroxylation is 1. The Morgan fingerprint density at radius 1 is 1.36 bits per heavy atom. The van der Waals surface area contributed by atoms with Crippen molar-refractivity contribution >= 4 is 23.5 Å². The van der Waals surface area contributed by atoms with Gasteiger partial charge in [0.2, 0.25) is 0 Å². The minimum absolute atomic E-state index is 0.120. The summed E-state index contributed by atoms with van der Waals surface area (Å²) < 4.78 is 5.72. The van der Waals surface area contributed by atoms with Gasteiger partial charge in [0, 0.05) is 42.9 Å². The molecule has 0 spiro atoms. The highest BCUT2D eigenvalue weighted by atomic mass is 32.2. The van der Waals surface area contributed by atoms with E-state index < -0.39 is 0 Å². The normalized spacial score (nSPS) is 22.7. The molecule has 7 heteroatoms. The molecule has 2 saturated heterocycles. The maximum absolute atomic E-state index is 12.6. The van der Waals surface area contributed by atoms with Gasteiger partial charge in [-0.1, -0.05) is 6.92 Å². The van der Waals surface area contributed by atoms with Crippen molar-refractivity contribution in [2.45, 2.75) is 19.4 Å². The highest BCUT2D eigenvalue weighted by Crippen LogP contribution is 2.18. The van der Waals surface area contributed by atoms with E-state index in [2.05, 4.69) is 21.8 Å². The largest absolute Gasteiger partial charge is 0.365 e. The topological polar surface area (TPSA) is 58.6 Å². The van der Waals surface area contributed by atoms with E-state index >= 15 is 0 Å². The lowest BCUT2D eigenvalue weighted by Crippen LogP contribution is -2.52. The molecule has 0 saturated carbocycles. The third-order valence-corrected chi connectivity index (χ3v) is 5.00. The van der Waals surface area contributed by atoms with Crippen LogP contribution in [0.2, 0.25) is 0 Å². The molecule has 3 heterocycles. The van der Waals surface area contributed by atoms with Gasteiger partial charge in [-0.2, -0.15) is 11.8 Å². The van der Waals surface area contributed by atoms with Crippen molar-refractivity contribution in [2.75, 3.05) is 49.2 Å². The number of anilines is 1. The third kappa shape index (κ3) is 3.52. The zero-order valence-corrected chi connectivity index (χ0v) is 13.7. The lowest BCUT2D eigenvalue weighted by molar-refractivity contribution is -0.144. The predicted octanol–water partition coefficient (Wildman–Crippen LogP) is 0.820. The van der Waals surface area contributed by atoms with Gasteiger partial charge in [-0.25, -0.2) is 9.97 Å². The minimum atomic E-state index is -0.378. The van der Waals surface area contributed by atoms with E-state index in [1.54, 1.807) is 6.33 Å². The number of hydrogen-bond acceptors (Lipinski definition) is 6. The molecule has 120 valence electrons. The summed E-state index contributed by atoms with van der Waals surface area (Å²) in [5.41, 5.74) is 1.02. The summed E-state index contributed by atoms with van der Waals surface area (Å²) in [6, 6.07) is 2.00. The van der Waals surface area contributed by atoms with Crippen LogP contribution < -0.4 is 4.90 Å². The van der Waals surface area contributed by atoms with Crippen LogP contribution in [-0.2, 0) is 16.0 Å². The number of hydrogen-bond donors (Lipinski definition) is 0. The molecule has 2 aliphatic heterocycles. The van der Waals surface area contributed by atoms with Crippen LogP contribution in [-0.4, -0.2) is 71.2 Å². The molecule has 0 aromatic carbocycles. The van der Waals surface area contributed by atoms with Gasteiger partial charge in [0.25, 0.3) is 5.91 Å². The minimum Gasteiger partial charge on any atom is -0.365 e. The number of rotatable bonds is 3. The van der Waals surface area contributed by atoms with E-state index in [-0.39, 0.29) is 12.0 Å². The smallest absolute Gasteiger partial charge is 0.253 e. The first-order valence-corrected chi connectivity index (χ1v) is 8.97. The molecule has 0 N–H and O–H groups in total. The number of morpholine rings is 1. The molecule has 1 atom stereocenters. The molecule has 1 aromatic rings. The summed E-state index contributed by atoms with van der Waals surface area (Å²) in [4.78, 5) is 25.2. The summed E-state index contributed by atoms with van der Waals surface area (Å²) in [5, 5.41) is 0. The van der Waals surface area contributed by atoms with Gasteiger partial charge in [0.1, 0.15) is 12.1 Å². The molecule has 0 aliphatic carbocycles. The van der Waals surface area contributed by atoms with Crippen LogP contribution in [0, 0.1) is 0 Å². The fourth-order valence-electron chi connectivity index (χ4n) is 2.75. The average molecular weight is 322 g/mol. The second kappa shape index (κ2) is 7.28. The molecule has 2 fully saturated rings. The number of carbonyl (C=O) groups excluding carboxylic acids is 1.